The number of amides is 1. The maximum Gasteiger partial charge on any atom is 0.253 e. The van der Waals surface area contributed by atoms with Crippen molar-refractivity contribution in [3.8, 4) is 6.07 Å². The fourth-order valence-electron chi connectivity index (χ4n) is 3.86. The molecular formula is C18H22N2O. The van der Waals surface area contributed by atoms with Gasteiger partial charge >= 0.3 is 0 Å². The number of hydrogen-bond donors (Lipinski definition) is 0. The van der Waals surface area contributed by atoms with Crippen LogP contribution in [0.1, 0.15) is 60.9 Å². The van der Waals surface area contributed by atoms with E-state index >= 15 is 0 Å². The number of likely N-dealkylation sites (tertiary alicyclic amines) is 1. The number of rotatable bonds is 1. The molecule has 3 rings (SSSR count). The summed E-state index contributed by atoms with van der Waals surface area (Å²) in [5, 5.41) is 8.81. The van der Waals surface area contributed by atoms with Crippen LogP contribution < -0.4 is 0 Å². The van der Waals surface area contributed by atoms with E-state index in [1.807, 2.05) is 4.90 Å². The average Bonchev–Trinajstić information content (AvgIpc) is 2.56. The zero-order valence-corrected chi connectivity index (χ0v) is 12.5. The summed E-state index contributed by atoms with van der Waals surface area (Å²) in [5.74, 6) is 0.116. The summed E-state index contributed by atoms with van der Waals surface area (Å²) >= 11 is 0. The Bertz CT molecular complexity index is 540. The molecule has 1 saturated carbocycles. The summed E-state index contributed by atoms with van der Waals surface area (Å²) in [6, 6.07) is 9.07. The summed E-state index contributed by atoms with van der Waals surface area (Å²) in [6.07, 6.45) is 9.14. The third-order valence-corrected chi connectivity index (χ3v) is 5.29. The normalized spacial score (nSPS) is 21.0. The second-order valence-electron chi connectivity index (χ2n) is 6.54. The van der Waals surface area contributed by atoms with Crippen LogP contribution in [0.3, 0.4) is 0 Å². The third kappa shape index (κ3) is 2.95. The van der Waals surface area contributed by atoms with Gasteiger partial charge in [0.15, 0.2) is 0 Å². The van der Waals surface area contributed by atoms with E-state index in [0.29, 0.717) is 16.5 Å². The number of benzene rings is 1. The van der Waals surface area contributed by atoms with Gasteiger partial charge < -0.3 is 4.90 Å². The van der Waals surface area contributed by atoms with Gasteiger partial charge in [0.2, 0.25) is 0 Å². The van der Waals surface area contributed by atoms with Gasteiger partial charge in [0.05, 0.1) is 11.6 Å². The third-order valence-electron chi connectivity index (χ3n) is 5.29. The number of nitriles is 1. The van der Waals surface area contributed by atoms with Crippen molar-refractivity contribution in [3.63, 3.8) is 0 Å². The highest BCUT2D eigenvalue weighted by Gasteiger charge is 2.36. The lowest BCUT2D eigenvalue weighted by molar-refractivity contribution is 0.0472. The SMILES string of the molecule is N#Cc1ccc(C(=O)N2CCC3(CCCCC3)CC2)cc1. The number of hydrogen-bond acceptors (Lipinski definition) is 2. The Labute approximate surface area is 126 Å². The molecule has 1 spiro atoms. The molecular weight excluding hydrogens is 260 g/mol. The molecule has 1 aliphatic heterocycles. The topological polar surface area (TPSA) is 44.1 Å². The molecule has 0 aromatic heterocycles. The summed E-state index contributed by atoms with van der Waals surface area (Å²) in [7, 11) is 0. The van der Waals surface area contributed by atoms with Gasteiger partial charge in [-0.05, 0) is 55.4 Å². The maximum atomic E-state index is 12.5. The molecule has 1 heterocycles. The molecule has 0 radical (unpaired) electrons. The first-order valence-electron chi connectivity index (χ1n) is 8.02. The molecule has 3 nitrogen and oxygen atoms in total. The molecule has 2 fully saturated rings. The largest absolute Gasteiger partial charge is 0.339 e. The Hall–Kier alpha value is -1.82. The van der Waals surface area contributed by atoms with Gasteiger partial charge in [0, 0.05) is 18.7 Å². The Morgan fingerprint density at radius 1 is 1.00 bits per heavy atom. The molecule has 0 N–H and O–H groups in total. The van der Waals surface area contributed by atoms with Crippen molar-refractivity contribution in [3.05, 3.63) is 35.4 Å². The van der Waals surface area contributed by atoms with Crippen molar-refractivity contribution in [1.29, 1.82) is 5.26 Å². The summed E-state index contributed by atoms with van der Waals surface area (Å²) in [6.45, 7) is 1.78. The van der Waals surface area contributed by atoms with Crippen molar-refractivity contribution in [2.75, 3.05) is 13.1 Å². The Morgan fingerprint density at radius 2 is 1.62 bits per heavy atom. The molecule has 0 unspecified atom stereocenters. The predicted molar refractivity (Wildman–Crippen MR) is 81.8 cm³/mol. The van der Waals surface area contributed by atoms with E-state index in [1.54, 1.807) is 24.3 Å². The molecule has 1 amide bonds. The number of carbonyl (C=O) groups excluding carboxylic acids is 1. The highest BCUT2D eigenvalue weighted by molar-refractivity contribution is 5.94. The van der Waals surface area contributed by atoms with Gasteiger partial charge in [0.25, 0.3) is 5.91 Å². The van der Waals surface area contributed by atoms with Crippen molar-refractivity contribution < 1.29 is 4.79 Å². The molecule has 1 aliphatic carbocycles. The first kappa shape index (κ1) is 14.1. The molecule has 21 heavy (non-hydrogen) atoms. The standard InChI is InChI=1S/C18H22N2O/c19-14-15-4-6-16(7-5-15)17(21)20-12-10-18(11-13-20)8-2-1-3-9-18/h4-7H,1-3,8-13H2. The molecule has 1 aromatic carbocycles. The Kier molecular flexibility index (Phi) is 3.96. The van der Waals surface area contributed by atoms with E-state index in [-0.39, 0.29) is 5.91 Å². The summed E-state index contributed by atoms with van der Waals surface area (Å²) in [5.41, 5.74) is 1.83. The van der Waals surface area contributed by atoms with E-state index in [2.05, 4.69) is 6.07 Å². The maximum absolute atomic E-state index is 12.5. The minimum absolute atomic E-state index is 0.116. The monoisotopic (exact) mass is 282 g/mol. The zero-order valence-electron chi connectivity index (χ0n) is 12.5. The smallest absolute Gasteiger partial charge is 0.253 e. The van der Waals surface area contributed by atoms with Crippen molar-refractivity contribution in [1.82, 2.24) is 4.90 Å². The van der Waals surface area contributed by atoms with E-state index in [4.69, 9.17) is 5.26 Å². The zero-order chi connectivity index (χ0) is 14.7. The van der Waals surface area contributed by atoms with Gasteiger partial charge in [-0.15, -0.1) is 0 Å². The fraction of sp³-hybridized carbons (Fsp3) is 0.556. The van der Waals surface area contributed by atoms with Gasteiger partial charge in [-0.3, -0.25) is 4.79 Å². The van der Waals surface area contributed by atoms with E-state index in [0.717, 1.165) is 25.9 Å². The van der Waals surface area contributed by atoms with Crippen LogP contribution in [0.25, 0.3) is 0 Å². The second kappa shape index (κ2) is 5.89. The second-order valence-corrected chi connectivity index (χ2v) is 6.54. The number of piperidine rings is 1. The minimum atomic E-state index is 0.116. The molecule has 1 aromatic rings. The van der Waals surface area contributed by atoms with Crippen molar-refractivity contribution in [2.45, 2.75) is 44.9 Å². The van der Waals surface area contributed by atoms with Gasteiger partial charge in [-0.2, -0.15) is 5.26 Å². The van der Waals surface area contributed by atoms with E-state index in [1.165, 1.54) is 32.1 Å². The quantitative estimate of drug-likeness (QED) is 0.787. The molecule has 0 atom stereocenters. The number of carbonyl (C=O) groups is 1. The minimum Gasteiger partial charge on any atom is -0.339 e. The van der Waals surface area contributed by atoms with Gasteiger partial charge in [-0.1, -0.05) is 19.3 Å². The predicted octanol–water partition coefficient (Wildman–Crippen LogP) is 3.74. The molecule has 110 valence electrons. The Morgan fingerprint density at radius 3 is 2.19 bits per heavy atom. The van der Waals surface area contributed by atoms with Gasteiger partial charge in [-0.25, -0.2) is 0 Å². The van der Waals surface area contributed by atoms with Crippen LogP contribution in [0.2, 0.25) is 0 Å². The van der Waals surface area contributed by atoms with Gasteiger partial charge in [0.1, 0.15) is 0 Å². The molecule has 2 aliphatic rings. The van der Waals surface area contributed by atoms with Crippen LogP contribution >= 0.6 is 0 Å². The average molecular weight is 282 g/mol. The van der Waals surface area contributed by atoms with Crippen LogP contribution in [0.15, 0.2) is 24.3 Å². The highest BCUT2D eigenvalue weighted by atomic mass is 16.2. The van der Waals surface area contributed by atoms with Crippen molar-refractivity contribution >= 4 is 5.91 Å². The first-order chi connectivity index (χ1) is 10.2. The highest BCUT2D eigenvalue weighted by Crippen LogP contribution is 2.44. The lowest BCUT2D eigenvalue weighted by Crippen LogP contribution is -2.43. The van der Waals surface area contributed by atoms with Crippen LogP contribution in [0, 0.1) is 16.7 Å². The van der Waals surface area contributed by atoms with Crippen molar-refractivity contribution in [2.24, 2.45) is 5.41 Å². The summed E-state index contributed by atoms with van der Waals surface area (Å²) in [4.78, 5) is 14.5. The summed E-state index contributed by atoms with van der Waals surface area (Å²) < 4.78 is 0. The molecule has 1 saturated heterocycles. The van der Waals surface area contributed by atoms with Crippen LogP contribution in [-0.2, 0) is 0 Å². The fourth-order valence-corrected chi connectivity index (χ4v) is 3.86. The van der Waals surface area contributed by atoms with Crippen LogP contribution in [-0.4, -0.2) is 23.9 Å². The van der Waals surface area contributed by atoms with E-state index in [9.17, 15) is 4.79 Å². The lowest BCUT2D eigenvalue weighted by atomic mass is 9.68. The van der Waals surface area contributed by atoms with E-state index < -0.39 is 0 Å². The van der Waals surface area contributed by atoms with Crippen LogP contribution in [0.5, 0.6) is 0 Å². The molecule has 0 bridgehead atoms. The lowest BCUT2D eigenvalue weighted by Gasteiger charge is -2.44. The molecule has 3 heteroatoms. The van der Waals surface area contributed by atoms with Crippen LogP contribution in [0.4, 0.5) is 0 Å². The first-order valence-corrected chi connectivity index (χ1v) is 8.02. The number of nitrogens with zero attached hydrogens (tertiary/aromatic N) is 2. The Balaban J connectivity index is 1.63.